The van der Waals surface area contributed by atoms with Gasteiger partial charge in [0, 0.05) is 23.9 Å². The van der Waals surface area contributed by atoms with Crippen molar-refractivity contribution < 1.29 is 4.79 Å². The lowest BCUT2D eigenvalue weighted by Gasteiger charge is -2.18. The van der Waals surface area contributed by atoms with Crippen LogP contribution in [-0.2, 0) is 17.6 Å². The Bertz CT molecular complexity index is 738. The minimum atomic E-state index is 0.196. The number of hydrogen-bond acceptors (Lipinski definition) is 5. The molecule has 1 atom stereocenters. The minimum absolute atomic E-state index is 0.196. The van der Waals surface area contributed by atoms with Crippen molar-refractivity contribution in [2.45, 2.75) is 39.0 Å². The molecule has 2 aliphatic carbocycles. The Morgan fingerprint density at radius 2 is 2.17 bits per heavy atom. The molecule has 2 aromatic heterocycles. The van der Waals surface area contributed by atoms with Gasteiger partial charge < -0.3 is 10.6 Å². The van der Waals surface area contributed by atoms with Crippen LogP contribution in [0, 0.1) is 11.8 Å². The first-order valence-corrected chi connectivity index (χ1v) is 9.31. The number of carbonyl (C=O) groups excluding carboxylic acids is 1. The molecule has 0 saturated heterocycles. The van der Waals surface area contributed by atoms with E-state index in [0.29, 0.717) is 13.1 Å². The third-order valence-corrected chi connectivity index (χ3v) is 5.92. The Labute approximate surface area is 139 Å². The Morgan fingerprint density at radius 3 is 3.00 bits per heavy atom. The molecule has 1 amide bonds. The van der Waals surface area contributed by atoms with Crippen molar-refractivity contribution in [1.29, 1.82) is 0 Å². The quantitative estimate of drug-likeness (QED) is 0.827. The van der Waals surface area contributed by atoms with Crippen LogP contribution in [0.5, 0.6) is 0 Å². The van der Waals surface area contributed by atoms with Crippen molar-refractivity contribution in [3.63, 3.8) is 0 Å². The zero-order valence-electron chi connectivity index (χ0n) is 13.4. The van der Waals surface area contributed by atoms with Crippen molar-refractivity contribution in [2.75, 3.05) is 18.4 Å². The van der Waals surface area contributed by atoms with E-state index in [1.54, 1.807) is 6.33 Å². The second-order valence-electron chi connectivity index (χ2n) is 6.75. The SMILES string of the molecule is C[C@@H]1CCc2c(sc3ncnc(NCCNC(=O)C4CC4)c23)C1. The average molecular weight is 330 g/mol. The second kappa shape index (κ2) is 6.07. The first-order valence-electron chi connectivity index (χ1n) is 8.49. The van der Waals surface area contributed by atoms with Gasteiger partial charge in [0.2, 0.25) is 5.91 Å². The van der Waals surface area contributed by atoms with Gasteiger partial charge in [0.1, 0.15) is 17.0 Å². The zero-order valence-corrected chi connectivity index (χ0v) is 14.2. The summed E-state index contributed by atoms with van der Waals surface area (Å²) in [5, 5.41) is 7.58. The van der Waals surface area contributed by atoms with Gasteiger partial charge in [0.15, 0.2) is 0 Å². The molecule has 0 spiro atoms. The van der Waals surface area contributed by atoms with Gasteiger partial charge in [-0.05, 0) is 43.6 Å². The molecule has 5 nitrogen and oxygen atoms in total. The van der Waals surface area contributed by atoms with E-state index in [1.165, 1.54) is 22.2 Å². The number of rotatable bonds is 5. The number of nitrogens with zero attached hydrogens (tertiary/aromatic N) is 2. The van der Waals surface area contributed by atoms with Crippen LogP contribution in [0.25, 0.3) is 10.2 Å². The lowest BCUT2D eigenvalue weighted by Crippen LogP contribution is -2.30. The largest absolute Gasteiger partial charge is 0.368 e. The molecule has 2 heterocycles. The summed E-state index contributed by atoms with van der Waals surface area (Å²) < 4.78 is 0. The number of aryl methyl sites for hydroxylation is 1. The van der Waals surface area contributed by atoms with Crippen LogP contribution >= 0.6 is 11.3 Å². The maximum absolute atomic E-state index is 11.6. The standard InChI is InChI=1S/C17H22N4OS/c1-10-2-5-12-13(8-10)23-17-14(12)15(20-9-21-17)18-6-7-19-16(22)11-3-4-11/h9-11H,2-8H2,1H3,(H,19,22)(H,18,20,21)/t10-/m1/s1. The van der Waals surface area contributed by atoms with Crippen molar-refractivity contribution in [1.82, 2.24) is 15.3 Å². The molecular weight excluding hydrogens is 308 g/mol. The van der Waals surface area contributed by atoms with Crippen molar-refractivity contribution >= 4 is 33.3 Å². The summed E-state index contributed by atoms with van der Waals surface area (Å²) in [6.07, 6.45) is 7.25. The highest BCUT2D eigenvalue weighted by molar-refractivity contribution is 7.19. The molecule has 2 aliphatic rings. The fourth-order valence-electron chi connectivity index (χ4n) is 3.27. The topological polar surface area (TPSA) is 66.9 Å². The molecule has 1 saturated carbocycles. The maximum atomic E-state index is 11.6. The number of amides is 1. The van der Waals surface area contributed by atoms with Gasteiger partial charge in [-0.15, -0.1) is 11.3 Å². The van der Waals surface area contributed by atoms with Gasteiger partial charge in [-0.1, -0.05) is 6.92 Å². The number of fused-ring (bicyclic) bond motifs is 3. The number of thiophene rings is 1. The van der Waals surface area contributed by atoms with E-state index in [-0.39, 0.29) is 11.8 Å². The molecule has 0 bridgehead atoms. The summed E-state index contributed by atoms with van der Waals surface area (Å²) in [6.45, 7) is 3.66. The van der Waals surface area contributed by atoms with Crippen LogP contribution < -0.4 is 10.6 Å². The molecule has 0 aliphatic heterocycles. The van der Waals surface area contributed by atoms with Crippen molar-refractivity contribution in [2.24, 2.45) is 11.8 Å². The van der Waals surface area contributed by atoms with Crippen LogP contribution in [0.1, 0.15) is 36.6 Å². The van der Waals surface area contributed by atoms with E-state index >= 15 is 0 Å². The summed E-state index contributed by atoms with van der Waals surface area (Å²) in [5.74, 6) is 2.15. The smallest absolute Gasteiger partial charge is 0.223 e. The van der Waals surface area contributed by atoms with Crippen LogP contribution in [0.3, 0.4) is 0 Å². The second-order valence-corrected chi connectivity index (χ2v) is 7.83. The molecular formula is C17H22N4OS. The number of hydrogen-bond donors (Lipinski definition) is 2. The molecule has 2 aromatic rings. The van der Waals surface area contributed by atoms with Crippen LogP contribution in [0.2, 0.25) is 0 Å². The van der Waals surface area contributed by atoms with E-state index in [0.717, 1.165) is 42.2 Å². The molecule has 6 heteroatoms. The van der Waals surface area contributed by atoms with Crippen LogP contribution in [0.15, 0.2) is 6.33 Å². The summed E-state index contributed by atoms with van der Waals surface area (Å²) >= 11 is 1.81. The lowest BCUT2D eigenvalue weighted by molar-refractivity contribution is -0.122. The highest BCUT2D eigenvalue weighted by Crippen LogP contribution is 2.39. The van der Waals surface area contributed by atoms with Gasteiger partial charge in [0.05, 0.1) is 5.39 Å². The van der Waals surface area contributed by atoms with Gasteiger partial charge in [-0.25, -0.2) is 9.97 Å². The number of aromatic nitrogens is 2. The Balaban J connectivity index is 1.47. The molecule has 23 heavy (non-hydrogen) atoms. The normalized spacial score (nSPS) is 20.3. The molecule has 122 valence electrons. The highest BCUT2D eigenvalue weighted by atomic mass is 32.1. The van der Waals surface area contributed by atoms with Crippen LogP contribution in [0.4, 0.5) is 5.82 Å². The van der Waals surface area contributed by atoms with E-state index in [4.69, 9.17) is 0 Å². The predicted octanol–water partition coefficient (Wildman–Crippen LogP) is 2.75. The van der Waals surface area contributed by atoms with Crippen molar-refractivity contribution in [3.05, 3.63) is 16.8 Å². The van der Waals surface area contributed by atoms with E-state index in [1.807, 2.05) is 11.3 Å². The highest BCUT2D eigenvalue weighted by Gasteiger charge is 2.29. The number of anilines is 1. The zero-order chi connectivity index (χ0) is 15.8. The van der Waals surface area contributed by atoms with E-state index < -0.39 is 0 Å². The fourth-order valence-corrected chi connectivity index (χ4v) is 4.62. The van der Waals surface area contributed by atoms with Gasteiger partial charge >= 0.3 is 0 Å². The summed E-state index contributed by atoms with van der Waals surface area (Å²) in [5.41, 5.74) is 1.44. The predicted molar refractivity (Wildman–Crippen MR) is 92.8 cm³/mol. The molecule has 4 rings (SSSR count). The van der Waals surface area contributed by atoms with E-state index in [2.05, 4.69) is 27.5 Å². The summed E-state index contributed by atoms with van der Waals surface area (Å²) in [4.78, 5) is 23.1. The third kappa shape index (κ3) is 3.04. The van der Waals surface area contributed by atoms with Crippen molar-refractivity contribution in [3.8, 4) is 0 Å². The average Bonchev–Trinajstić information content (AvgIpc) is 3.32. The lowest BCUT2D eigenvalue weighted by atomic mass is 9.89. The first kappa shape index (κ1) is 14.9. The maximum Gasteiger partial charge on any atom is 0.223 e. The Morgan fingerprint density at radius 1 is 1.30 bits per heavy atom. The Hall–Kier alpha value is -1.69. The van der Waals surface area contributed by atoms with Gasteiger partial charge in [-0.2, -0.15) is 0 Å². The number of carbonyl (C=O) groups is 1. The summed E-state index contributed by atoms with van der Waals surface area (Å²) in [7, 11) is 0. The Kier molecular flexibility index (Phi) is 3.93. The molecule has 0 radical (unpaired) electrons. The molecule has 0 unspecified atom stereocenters. The van der Waals surface area contributed by atoms with Crippen LogP contribution in [-0.4, -0.2) is 29.0 Å². The monoisotopic (exact) mass is 330 g/mol. The fraction of sp³-hybridized carbons (Fsp3) is 0.588. The van der Waals surface area contributed by atoms with E-state index in [9.17, 15) is 4.79 Å². The molecule has 1 fully saturated rings. The van der Waals surface area contributed by atoms with Gasteiger partial charge in [-0.3, -0.25) is 4.79 Å². The first-order chi connectivity index (χ1) is 11.2. The molecule has 2 N–H and O–H groups in total. The van der Waals surface area contributed by atoms with Gasteiger partial charge in [0.25, 0.3) is 0 Å². The molecule has 0 aromatic carbocycles. The summed E-state index contributed by atoms with van der Waals surface area (Å²) in [6, 6.07) is 0. The third-order valence-electron chi connectivity index (χ3n) is 4.76. The number of nitrogens with one attached hydrogen (secondary N) is 2. The minimum Gasteiger partial charge on any atom is -0.368 e.